The van der Waals surface area contributed by atoms with Crippen LogP contribution in [0.5, 0.6) is 5.75 Å². The quantitative estimate of drug-likeness (QED) is 0.903. The molecule has 2 aromatic rings. The Kier molecular flexibility index (Phi) is 4.51. The number of fused-ring (bicyclic) bond motifs is 1. The lowest BCUT2D eigenvalue weighted by Gasteiger charge is -2.14. The van der Waals surface area contributed by atoms with Gasteiger partial charge in [-0.3, -0.25) is 4.79 Å². The number of para-hydroxylation sites is 1. The fourth-order valence-corrected chi connectivity index (χ4v) is 3.82. The summed E-state index contributed by atoms with van der Waals surface area (Å²) in [5, 5.41) is 3.25. The highest BCUT2D eigenvalue weighted by Crippen LogP contribution is 2.32. The molecule has 2 aromatic carbocycles. The first-order valence-corrected chi connectivity index (χ1v) is 9.51. The molecule has 3 rings (SSSR count). The number of hydrogen-bond donors (Lipinski definition) is 1. The number of amides is 1. The van der Waals surface area contributed by atoms with Crippen molar-refractivity contribution < 1.29 is 17.9 Å². The minimum atomic E-state index is -3.43. The van der Waals surface area contributed by atoms with Gasteiger partial charge in [0.25, 0.3) is 5.91 Å². The topological polar surface area (TPSA) is 72.5 Å². The minimum Gasteiger partial charge on any atom is -0.480 e. The summed E-state index contributed by atoms with van der Waals surface area (Å²) in [6.45, 7) is 1.56. The first-order chi connectivity index (χ1) is 11.4. The number of nitrogens with one attached hydrogen (secondary N) is 1. The first-order valence-electron chi connectivity index (χ1n) is 7.48. The molecule has 0 saturated heterocycles. The molecule has 1 aliphatic rings. The maximum absolute atomic E-state index is 12.5. The predicted molar refractivity (Wildman–Crippen MR) is 92.4 cm³/mol. The van der Waals surface area contributed by atoms with Gasteiger partial charge in [-0.25, -0.2) is 8.42 Å². The molecule has 1 N–H and O–H groups in total. The molecule has 0 aromatic heterocycles. The SMILES string of the molecule is CCS(=O)(=O)c1ccccc1NC(=O)C1Cc2cc(Cl)ccc2O1. The largest absolute Gasteiger partial charge is 0.480 e. The Morgan fingerprint density at radius 3 is 2.79 bits per heavy atom. The molecule has 0 saturated carbocycles. The highest BCUT2D eigenvalue weighted by Gasteiger charge is 2.30. The molecule has 7 heteroatoms. The van der Waals surface area contributed by atoms with Crippen molar-refractivity contribution >= 4 is 33.0 Å². The van der Waals surface area contributed by atoms with Crippen molar-refractivity contribution in [3.63, 3.8) is 0 Å². The van der Waals surface area contributed by atoms with Crippen LogP contribution in [0.15, 0.2) is 47.4 Å². The molecular formula is C17H16ClNO4S. The van der Waals surface area contributed by atoms with Gasteiger partial charge in [0.1, 0.15) is 5.75 Å². The fourth-order valence-electron chi connectivity index (χ4n) is 2.57. The van der Waals surface area contributed by atoms with Crippen LogP contribution in [-0.2, 0) is 21.1 Å². The summed E-state index contributed by atoms with van der Waals surface area (Å²) < 4.78 is 29.9. The average molecular weight is 366 g/mol. The summed E-state index contributed by atoms with van der Waals surface area (Å²) in [5.74, 6) is 0.194. The van der Waals surface area contributed by atoms with Crippen LogP contribution in [0, 0.1) is 0 Å². The Morgan fingerprint density at radius 2 is 2.04 bits per heavy atom. The Balaban J connectivity index is 1.80. The van der Waals surface area contributed by atoms with Crippen molar-refractivity contribution in [2.24, 2.45) is 0 Å². The lowest BCUT2D eigenvalue weighted by atomic mass is 10.1. The Morgan fingerprint density at radius 1 is 1.29 bits per heavy atom. The van der Waals surface area contributed by atoms with Gasteiger partial charge in [0.2, 0.25) is 0 Å². The first kappa shape index (κ1) is 16.8. The summed E-state index contributed by atoms with van der Waals surface area (Å²) in [5.41, 5.74) is 1.12. The standard InChI is InChI=1S/C17H16ClNO4S/c1-2-24(21,22)16-6-4-3-5-13(16)19-17(20)15-10-11-9-12(18)7-8-14(11)23-15/h3-9,15H,2,10H2,1H3,(H,19,20). The molecule has 1 unspecified atom stereocenters. The summed E-state index contributed by atoms with van der Waals surface area (Å²) in [6.07, 6.45) is -0.319. The Labute approximate surface area is 145 Å². The zero-order valence-electron chi connectivity index (χ0n) is 13.0. The van der Waals surface area contributed by atoms with E-state index in [9.17, 15) is 13.2 Å². The van der Waals surface area contributed by atoms with Gasteiger partial charge >= 0.3 is 0 Å². The van der Waals surface area contributed by atoms with Gasteiger partial charge in [-0.1, -0.05) is 30.7 Å². The number of hydrogen-bond acceptors (Lipinski definition) is 4. The molecule has 1 heterocycles. The number of halogens is 1. The number of carbonyl (C=O) groups excluding carboxylic acids is 1. The molecule has 1 atom stereocenters. The molecule has 0 spiro atoms. The van der Waals surface area contributed by atoms with E-state index in [0.29, 0.717) is 17.2 Å². The van der Waals surface area contributed by atoms with Crippen LogP contribution in [0.4, 0.5) is 5.69 Å². The van der Waals surface area contributed by atoms with E-state index in [1.54, 1.807) is 43.3 Å². The van der Waals surface area contributed by atoms with Gasteiger partial charge < -0.3 is 10.1 Å². The number of ether oxygens (including phenoxy) is 1. The van der Waals surface area contributed by atoms with Crippen molar-refractivity contribution in [2.75, 3.05) is 11.1 Å². The van der Waals surface area contributed by atoms with E-state index in [1.807, 2.05) is 0 Å². The number of carbonyl (C=O) groups is 1. The second-order valence-electron chi connectivity index (χ2n) is 5.45. The molecular weight excluding hydrogens is 350 g/mol. The van der Waals surface area contributed by atoms with Crippen LogP contribution in [-0.4, -0.2) is 26.2 Å². The van der Waals surface area contributed by atoms with Crippen LogP contribution in [0.3, 0.4) is 0 Å². The lowest BCUT2D eigenvalue weighted by molar-refractivity contribution is -0.122. The molecule has 5 nitrogen and oxygen atoms in total. The second-order valence-corrected chi connectivity index (χ2v) is 8.13. The summed E-state index contributed by atoms with van der Waals surface area (Å²) in [4.78, 5) is 12.6. The van der Waals surface area contributed by atoms with Crippen LogP contribution in [0.1, 0.15) is 12.5 Å². The molecule has 0 bridgehead atoms. The molecule has 0 radical (unpaired) electrons. The summed E-state index contributed by atoms with van der Waals surface area (Å²) >= 11 is 5.94. The van der Waals surface area contributed by atoms with Crippen molar-refractivity contribution in [2.45, 2.75) is 24.3 Å². The Bertz CT molecular complexity index is 895. The third-order valence-electron chi connectivity index (χ3n) is 3.85. The van der Waals surface area contributed by atoms with E-state index in [1.165, 1.54) is 6.07 Å². The van der Waals surface area contributed by atoms with Crippen molar-refractivity contribution in [3.05, 3.63) is 53.1 Å². The molecule has 0 fully saturated rings. The van der Waals surface area contributed by atoms with Gasteiger partial charge in [0.15, 0.2) is 15.9 Å². The van der Waals surface area contributed by atoms with E-state index in [2.05, 4.69) is 5.32 Å². The predicted octanol–water partition coefficient (Wildman–Crippen LogP) is 3.08. The van der Waals surface area contributed by atoms with Crippen LogP contribution < -0.4 is 10.1 Å². The van der Waals surface area contributed by atoms with Crippen molar-refractivity contribution in [3.8, 4) is 5.75 Å². The fraction of sp³-hybridized carbons (Fsp3) is 0.235. The number of benzene rings is 2. The normalized spacial score (nSPS) is 16.3. The third-order valence-corrected chi connectivity index (χ3v) is 5.87. The van der Waals surface area contributed by atoms with Crippen LogP contribution >= 0.6 is 11.6 Å². The number of rotatable bonds is 4. The van der Waals surface area contributed by atoms with Gasteiger partial charge in [0.05, 0.1) is 16.3 Å². The van der Waals surface area contributed by atoms with Crippen LogP contribution in [0.2, 0.25) is 5.02 Å². The van der Waals surface area contributed by atoms with E-state index in [-0.39, 0.29) is 22.2 Å². The van der Waals surface area contributed by atoms with Gasteiger partial charge in [-0.05, 0) is 35.9 Å². The maximum atomic E-state index is 12.5. The summed E-state index contributed by atoms with van der Waals surface area (Å²) in [6, 6.07) is 11.5. The highest BCUT2D eigenvalue weighted by atomic mass is 35.5. The molecule has 0 aliphatic carbocycles. The molecule has 1 amide bonds. The average Bonchev–Trinajstić information content (AvgIpc) is 2.98. The number of anilines is 1. The minimum absolute atomic E-state index is 0.0379. The molecule has 1 aliphatic heterocycles. The third kappa shape index (κ3) is 3.25. The summed E-state index contributed by atoms with van der Waals surface area (Å²) in [7, 11) is -3.43. The maximum Gasteiger partial charge on any atom is 0.265 e. The Hall–Kier alpha value is -2.05. The zero-order valence-corrected chi connectivity index (χ0v) is 14.5. The van der Waals surface area contributed by atoms with Crippen molar-refractivity contribution in [1.82, 2.24) is 0 Å². The highest BCUT2D eigenvalue weighted by molar-refractivity contribution is 7.91. The van der Waals surface area contributed by atoms with Gasteiger partial charge in [0, 0.05) is 11.4 Å². The van der Waals surface area contributed by atoms with Crippen molar-refractivity contribution in [1.29, 1.82) is 0 Å². The van der Waals surface area contributed by atoms with Gasteiger partial charge in [-0.15, -0.1) is 0 Å². The molecule has 126 valence electrons. The van der Waals surface area contributed by atoms with Crippen LogP contribution in [0.25, 0.3) is 0 Å². The zero-order chi connectivity index (χ0) is 17.3. The van der Waals surface area contributed by atoms with E-state index < -0.39 is 15.9 Å². The van der Waals surface area contributed by atoms with E-state index >= 15 is 0 Å². The number of sulfone groups is 1. The molecule has 24 heavy (non-hydrogen) atoms. The monoisotopic (exact) mass is 365 g/mol. The van der Waals surface area contributed by atoms with Gasteiger partial charge in [-0.2, -0.15) is 0 Å². The second kappa shape index (κ2) is 6.45. The smallest absolute Gasteiger partial charge is 0.265 e. The van der Waals surface area contributed by atoms with E-state index in [4.69, 9.17) is 16.3 Å². The lowest BCUT2D eigenvalue weighted by Crippen LogP contribution is -2.32. The van der Waals surface area contributed by atoms with E-state index in [0.717, 1.165) is 5.56 Å².